The maximum atomic E-state index is 5.85. The van der Waals surface area contributed by atoms with Gasteiger partial charge in [0.15, 0.2) is 0 Å². The highest BCUT2D eigenvalue weighted by molar-refractivity contribution is 7.09. The van der Waals surface area contributed by atoms with Crippen LogP contribution in [0.5, 0.6) is 0 Å². The fourth-order valence-electron chi connectivity index (χ4n) is 1.34. The van der Waals surface area contributed by atoms with Gasteiger partial charge in [-0.05, 0) is 25.5 Å². The number of pyridine rings is 1. The van der Waals surface area contributed by atoms with Gasteiger partial charge in [-0.3, -0.25) is 0 Å². The predicted octanol–water partition coefficient (Wildman–Crippen LogP) is 3.42. The third-order valence-corrected chi connectivity index (χ3v) is 3.37. The van der Waals surface area contributed by atoms with E-state index in [4.69, 9.17) is 11.6 Å². The molecule has 0 radical (unpaired) electrons. The fourth-order valence-corrected chi connectivity index (χ4v) is 2.05. The summed E-state index contributed by atoms with van der Waals surface area (Å²) in [6, 6.07) is 1.98. The summed E-state index contributed by atoms with van der Waals surface area (Å²) in [6.07, 6.45) is 1.73. The molecule has 3 nitrogen and oxygen atoms in total. The average molecular weight is 254 g/mol. The molecule has 2 aromatic heterocycles. The smallest absolute Gasteiger partial charge is 0.132 e. The molecular formula is C11H12ClN3S. The van der Waals surface area contributed by atoms with Crippen LogP contribution in [-0.4, -0.2) is 9.97 Å². The van der Waals surface area contributed by atoms with Gasteiger partial charge < -0.3 is 5.32 Å². The van der Waals surface area contributed by atoms with Gasteiger partial charge in [0.25, 0.3) is 0 Å². The topological polar surface area (TPSA) is 37.8 Å². The van der Waals surface area contributed by atoms with Gasteiger partial charge in [0.2, 0.25) is 0 Å². The highest BCUT2D eigenvalue weighted by atomic mass is 35.5. The van der Waals surface area contributed by atoms with Crippen LogP contribution in [0.3, 0.4) is 0 Å². The summed E-state index contributed by atoms with van der Waals surface area (Å²) in [6.45, 7) is 4.66. The van der Waals surface area contributed by atoms with E-state index in [2.05, 4.69) is 20.7 Å². The van der Waals surface area contributed by atoms with E-state index in [9.17, 15) is 0 Å². The zero-order chi connectivity index (χ0) is 11.5. The first-order valence-corrected chi connectivity index (χ1v) is 6.18. The van der Waals surface area contributed by atoms with Crippen LogP contribution < -0.4 is 5.32 Å². The molecule has 1 N–H and O–H groups in total. The van der Waals surface area contributed by atoms with Crippen LogP contribution in [0.4, 0.5) is 5.69 Å². The number of hydrogen-bond acceptors (Lipinski definition) is 4. The zero-order valence-electron chi connectivity index (χ0n) is 9.12. The van der Waals surface area contributed by atoms with Crippen LogP contribution in [0.2, 0.25) is 5.15 Å². The van der Waals surface area contributed by atoms with Crippen molar-refractivity contribution in [3.63, 3.8) is 0 Å². The Hall–Kier alpha value is -1.13. The molecule has 2 aromatic rings. The second-order valence-corrected chi connectivity index (χ2v) is 4.96. The molecule has 16 heavy (non-hydrogen) atoms. The molecule has 0 aromatic carbocycles. The summed E-state index contributed by atoms with van der Waals surface area (Å²) >= 11 is 7.51. The van der Waals surface area contributed by atoms with Gasteiger partial charge in [-0.25, -0.2) is 9.97 Å². The van der Waals surface area contributed by atoms with Crippen molar-refractivity contribution in [1.82, 2.24) is 9.97 Å². The summed E-state index contributed by atoms with van der Waals surface area (Å²) in [5.41, 5.74) is 2.99. The second kappa shape index (κ2) is 4.80. The molecule has 0 bridgehead atoms. The predicted molar refractivity (Wildman–Crippen MR) is 68.2 cm³/mol. The van der Waals surface area contributed by atoms with Crippen LogP contribution in [0.25, 0.3) is 0 Å². The first-order chi connectivity index (χ1) is 7.65. The quantitative estimate of drug-likeness (QED) is 0.852. The Morgan fingerprint density at radius 1 is 1.44 bits per heavy atom. The SMILES string of the molecule is Cc1nc(CNc2cnc(Cl)c(C)c2)cs1. The third-order valence-electron chi connectivity index (χ3n) is 2.15. The molecule has 0 saturated carbocycles. The number of anilines is 1. The van der Waals surface area contributed by atoms with E-state index in [1.54, 1.807) is 17.5 Å². The van der Waals surface area contributed by atoms with Crippen molar-refractivity contribution in [2.45, 2.75) is 20.4 Å². The van der Waals surface area contributed by atoms with Crippen LogP contribution in [0.15, 0.2) is 17.6 Å². The Morgan fingerprint density at radius 2 is 2.25 bits per heavy atom. The number of halogens is 1. The molecular weight excluding hydrogens is 242 g/mol. The lowest BCUT2D eigenvalue weighted by Gasteiger charge is -2.05. The summed E-state index contributed by atoms with van der Waals surface area (Å²) < 4.78 is 0. The van der Waals surface area contributed by atoms with Crippen LogP contribution in [0.1, 0.15) is 16.3 Å². The maximum Gasteiger partial charge on any atom is 0.132 e. The maximum absolute atomic E-state index is 5.85. The van der Waals surface area contributed by atoms with Crippen molar-refractivity contribution in [3.05, 3.63) is 39.1 Å². The minimum atomic E-state index is 0.551. The molecule has 0 aliphatic rings. The number of nitrogens with zero attached hydrogens (tertiary/aromatic N) is 2. The van der Waals surface area contributed by atoms with Crippen LogP contribution >= 0.6 is 22.9 Å². The van der Waals surface area contributed by atoms with Crippen molar-refractivity contribution in [2.24, 2.45) is 0 Å². The monoisotopic (exact) mass is 253 g/mol. The Kier molecular flexibility index (Phi) is 3.41. The highest BCUT2D eigenvalue weighted by Gasteiger charge is 2.01. The van der Waals surface area contributed by atoms with Gasteiger partial charge in [0, 0.05) is 5.38 Å². The lowest BCUT2D eigenvalue weighted by Crippen LogP contribution is -2.00. The molecule has 5 heteroatoms. The van der Waals surface area contributed by atoms with E-state index in [0.717, 1.165) is 22.0 Å². The van der Waals surface area contributed by atoms with Gasteiger partial charge in [0.05, 0.1) is 29.1 Å². The van der Waals surface area contributed by atoms with E-state index in [1.165, 1.54) is 0 Å². The Labute approximate surface area is 104 Å². The number of aryl methyl sites for hydroxylation is 2. The van der Waals surface area contributed by atoms with Crippen molar-refractivity contribution in [3.8, 4) is 0 Å². The van der Waals surface area contributed by atoms with Crippen molar-refractivity contribution < 1.29 is 0 Å². The fraction of sp³-hybridized carbons (Fsp3) is 0.273. The standard InChI is InChI=1S/C11H12ClN3S/c1-7-3-9(4-14-11(7)12)13-5-10-6-16-8(2)15-10/h3-4,6,13H,5H2,1-2H3. The summed E-state index contributed by atoms with van der Waals surface area (Å²) in [7, 11) is 0. The molecule has 0 aliphatic heterocycles. The molecule has 2 rings (SSSR count). The van der Waals surface area contributed by atoms with Gasteiger partial charge >= 0.3 is 0 Å². The highest BCUT2D eigenvalue weighted by Crippen LogP contribution is 2.17. The van der Waals surface area contributed by atoms with E-state index in [-0.39, 0.29) is 0 Å². The average Bonchev–Trinajstić information content (AvgIpc) is 2.66. The van der Waals surface area contributed by atoms with Crippen molar-refractivity contribution >= 4 is 28.6 Å². The van der Waals surface area contributed by atoms with Crippen molar-refractivity contribution in [1.29, 1.82) is 0 Å². The first kappa shape index (κ1) is 11.4. The molecule has 0 saturated heterocycles. The number of nitrogens with one attached hydrogen (secondary N) is 1. The first-order valence-electron chi connectivity index (χ1n) is 4.92. The van der Waals surface area contributed by atoms with Gasteiger partial charge in [0.1, 0.15) is 5.15 Å². The van der Waals surface area contributed by atoms with E-state index in [0.29, 0.717) is 11.7 Å². The molecule has 0 spiro atoms. The molecule has 0 fully saturated rings. The Morgan fingerprint density at radius 3 is 2.88 bits per heavy atom. The molecule has 0 aliphatic carbocycles. The number of rotatable bonds is 3. The summed E-state index contributed by atoms with van der Waals surface area (Å²) in [4.78, 5) is 8.46. The molecule has 0 atom stereocenters. The van der Waals surface area contributed by atoms with E-state index < -0.39 is 0 Å². The summed E-state index contributed by atoms with van der Waals surface area (Å²) in [5.74, 6) is 0. The molecule has 0 amide bonds. The molecule has 2 heterocycles. The minimum Gasteiger partial charge on any atom is -0.378 e. The minimum absolute atomic E-state index is 0.551. The number of aromatic nitrogens is 2. The van der Waals surface area contributed by atoms with Gasteiger partial charge in [-0.1, -0.05) is 11.6 Å². The normalized spacial score (nSPS) is 10.4. The number of thiazole rings is 1. The molecule has 0 unspecified atom stereocenters. The van der Waals surface area contributed by atoms with E-state index in [1.807, 2.05) is 19.9 Å². The second-order valence-electron chi connectivity index (χ2n) is 3.54. The third kappa shape index (κ3) is 2.71. The van der Waals surface area contributed by atoms with Crippen molar-refractivity contribution in [2.75, 3.05) is 5.32 Å². The molecule has 84 valence electrons. The van der Waals surface area contributed by atoms with Crippen LogP contribution in [0, 0.1) is 13.8 Å². The zero-order valence-corrected chi connectivity index (χ0v) is 10.7. The Balaban J connectivity index is 2.02. The van der Waals surface area contributed by atoms with Crippen LogP contribution in [-0.2, 0) is 6.54 Å². The van der Waals surface area contributed by atoms with E-state index >= 15 is 0 Å². The lowest BCUT2D eigenvalue weighted by molar-refractivity contribution is 1.05. The summed E-state index contributed by atoms with van der Waals surface area (Å²) in [5, 5.41) is 6.96. The van der Waals surface area contributed by atoms with Gasteiger partial charge in [-0.15, -0.1) is 11.3 Å². The number of hydrogen-bond donors (Lipinski definition) is 1. The Bertz CT molecular complexity index is 496. The largest absolute Gasteiger partial charge is 0.378 e. The lowest BCUT2D eigenvalue weighted by atomic mass is 10.3. The van der Waals surface area contributed by atoms with Gasteiger partial charge in [-0.2, -0.15) is 0 Å².